The molecule has 33 heavy (non-hydrogen) atoms. The van der Waals surface area contributed by atoms with Crippen molar-refractivity contribution >= 4 is 15.9 Å². The van der Waals surface area contributed by atoms with Crippen LogP contribution in [0.1, 0.15) is 28.4 Å². The third-order valence-electron chi connectivity index (χ3n) is 5.71. The molecule has 9 heteroatoms. The van der Waals surface area contributed by atoms with Crippen LogP contribution in [0, 0.1) is 5.82 Å². The zero-order chi connectivity index (χ0) is 24.0. The molecule has 0 saturated carbocycles. The van der Waals surface area contributed by atoms with Crippen LogP contribution in [0.4, 0.5) is 4.39 Å². The molecule has 0 bridgehead atoms. The number of carbonyl (C=O) groups excluding carboxylic acids is 1. The van der Waals surface area contributed by atoms with Crippen LogP contribution in [0.2, 0.25) is 0 Å². The molecule has 1 fully saturated rings. The molecule has 7 nitrogen and oxygen atoms in total. The van der Waals surface area contributed by atoms with Crippen LogP contribution in [0.5, 0.6) is 0 Å². The molecule has 1 aliphatic rings. The van der Waals surface area contributed by atoms with Gasteiger partial charge in [-0.05, 0) is 44.3 Å². The SMILES string of the molecule is CCc1ccc(C(=O)N(CCN(C)C)Cc2ccccc2F)cc1S(=O)(=O)N1CCOCC1. The summed E-state index contributed by atoms with van der Waals surface area (Å²) in [4.78, 5) is 17.1. The highest BCUT2D eigenvalue weighted by Crippen LogP contribution is 2.24. The van der Waals surface area contributed by atoms with Crippen LogP contribution in [0.25, 0.3) is 0 Å². The molecule has 0 atom stereocenters. The van der Waals surface area contributed by atoms with Gasteiger partial charge in [-0.25, -0.2) is 12.8 Å². The number of hydrogen-bond acceptors (Lipinski definition) is 5. The van der Waals surface area contributed by atoms with E-state index in [1.165, 1.54) is 16.4 Å². The summed E-state index contributed by atoms with van der Waals surface area (Å²) in [5.74, 6) is -0.710. The predicted molar refractivity (Wildman–Crippen MR) is 125 cm³/mol. The van der Waals surface area contributed by atoms with Crippen molar-refractivity contribution in [3.63, 3.8) is 0 Å². The minimum atomic E-state index is -3.76. The molecule has 1 heterocycles. The van der Waals surface area contributed by atoms with E-state index in [4.69, 9.17) is 4.74 Å². The Balaban J connectivity index is 1.95. The van der Waals surface area contributed by atoms with E-state index >= 15 is 0 Å². The zero-order valence-corrected chi connectivity index (χ0v) is 20.3. The maximum absolute atomic E-state index is 14.3. The van der Waals surface area contributed by atoms with Gasteiger partial charge in [0, 0.05) is 43.9 Å². The van der Waals surface area contributed by atoms with E-state index in [2.05, 4.69) is 0 Å². The molecule has 0 aromatic heterocycles. The van der Waals surface area contributed by atoms with Crippen LogP contribution in [-0.4, -0.2) is 81.9 Å². The highest BCUT2D eigenvalue weighted by Gasteiger charge is 2.29. The fourth-order valence-electron chi connectivity index (χ4n) is 3.73. The number of ether oxygens (including phenoxy) is 1. The lowest BCUT2D eigenvalue weighted by Gasteiger charge is -2.28. The largest absolute Gasteiger partial charge is 0.379 e. The van der Waals surface area contributed by atoms with Gasteiger partial charge in [0.25, 0.3) is 5.91 Å². The fourth-order valence-corrected chi connectivity index (χ4v) is 5.46. The van der Waals surface area contributed by atoms with Crippen molar-refractivity contribution < 1.29 is 22.3 Å². The molecule has 2 aromatic rings. The van der Waals surface area contributed by atoms with E-state index in [0.717, 1.165) is 0 Å². The first-order valence-electron chi connectivity index (χ1n) is 11.1. The summed E-state index contributed by atoms with van der Waals surface area (Å²) in [5.41, 5.74) is 1.34. The monoisotopic (exact) mass is 477 g/mol. The summed E-state index contributed by atoms with van der Waals surface area (Å²) in [6.07, 6.45) is 0.521. The van der Waals surface area contributed by atoms with Gasteiger partial charge in [-0.2, -0.15) is 4.31 Å². The topological polar surface area (TPSA) is 70.2 Å². The maximum atomic E-state index is 14.3. The summed E-state index contributed by atoms with van der Waals surface area (Å²) in [6, 6.07) is 11.2. The van der Waals surface area contributed by atoms with Gasteiger partial charge in [-0.1, -0.05) is 31.2 Å². The van der Waals surface area contributed by atoms with Gasteiger partial charge in [0.15, 0.2) is 0 Å². The van der Waals surface area contributed by atoms with E-state index in [-0.39, 0.29) is 41.8 Å². The Hall–Kier alpha value is -2.33. The molecular formula is C24H32FN3O4S. The average Bonchev–Trinajstić information content (AvgIpc) is 2.82. The molecule has 0 aliphatic carbocycles. The molecule has 0 radical (unpaired) electrons. The maximum Gasteiger partial charge on any atom is 0.254 e. The standard InChI is InChI=1S/C24H32FN3O4S/c1-4-19-9-10-20(17-23(19)33(30,31)28-13-15-32-16-14-28)24(29)27(12-11-26(2)3)18-21-7-5-6-8-22(21)25/h5-10,17H,4,11-16,18H2,1-3H3. The van der Waals surface area contributed by atoms with Crippen molar-refractivity contribution in [1.82, 2.24) is 14.1 Å². The van der Waals surface area contributed by atoms with E-state index in [9.17, 15) is 17.6 Å². The highest BCUT2D eigenvalue weighted by molar-refractivity contribution is 7.89. The second-order valence-electron chi connectivity index (χ2n) is 8.31. The molecule has 1 amide bonds. The lowest BCUT2D eigenvalue weighted by Crippen LogP contribution is -2.41. The Morgan fingerprint density at radius 2 is 1.76 bits per heavy atom. The minimum absolute atomic E-state index is 0.0976. The minimum Gasteiger partial charge on any atom is -0.379 e. The number of halogens is 1. The predicted octanol–water partition coefficient (Wildman–Crippen LogP) is 2.61. The molecule has 180 valence electrons. The van der Waals surface area contributed by atoms with E-state index in [1.54, 1.807) is 35.2 Å². The van der Waals surface area contributed by atoms with Crippen molar-refractivity contribution in [2.45, 2.75) is 24.8 Å². The van der Waals surface area contributed by atoms with Crippen molar-refractivity contribution in [2.75, 3.05) is 53.5 Å². The van der Waals surface area contributed by atoms with Crippen molar-refractivity contribution in [1.29, 1.82) is 0 Å². The number of nitrogens with zero attached hydrogens (tertiary/aromatic N) is 3. The van der Waals surface area contributed by atoms with Gasteiger partial charge < -0.3 is 14.5 Å². The number of rotatable bonds is 9. The number of aryl methyl sites for hydroxylation is 1. The smallest absolute Gasteiger partial charge is 0.254 e. The van der Waals surface area contributed by atoms with Crippen LogP contribution in [-0.2, 0) is 27.7 Å². The number of carbonyl (C=O) groups is 1. The van der Waals surface area contributed by atoms with Crippen LogP contribution >= 0.6 is 0 Å². The molecule has 2 aromatic carbocycles. The van der Waals surface area contributed by atoms with Gasteiger partial charge in [0.1, 0.15) is 5.82 Å². The van der Waals surface area contributed by atoms with E-state index in [1.807, 2.05) is 25.9 Å². The van der Waals surface area contributed by atoms with E-state index < -0.39 is 10.0 Å². The molecule has 1 saturated heterocycles. The summed E-state index contributed by atoms with van der Waals surface area (Å²) >= 11 is 0. The molecule has 0 N–H and O–H groups in total. The van der Waals surface area contributed by atoms with Crippen molar-refractivity contribution in [2.24, 2.45) is 0 Å². The van der Waals surface area contributed by atoms with Gasteiger partial charge >= 0.3 is 0 Å². The highest BCUT2D eigenvalue weighted by atomic mass is 32.2. The second-order valence-corrected chi connectivity index (χ2v) is 10.2. The van der Waals surface area contributed by atoms with Crippen LogP contribution < -0.4 is 0 Å². The lowest BCUT2D eigenvalue weighted by molar-refractivity contribution is 0.0725. The quantitative estimate of drug-likeness (QED) is 0.555. The third kappa shape index (κ3) is 6.17. The third-order valence-corrected chi connectivity index (χ3v) is 7.69. The number of morpholine rings is 1. The Labute approximate surface area is 195 Å². The number of hydrogen-bond donors (Lipinski definition) is 0. The Morgan fingerprint density at radius 3 is 2.39 bits per heavy atom. The second kappa shape index (κ2) is 11.2. The first-order chi connectivity index (χ1) is 15.7. The Bertz CT molecular complexity index is 1070. The van der Waals surface area contributed by atoms with Gasteiger partial charge in [0.05, 0.1) is 18.1 Å². The fraction of sp³-hybridized carbons (Fsp3) is 0.458. The Kier molecular flexibility index (Phi) is 8.58. The number of sulfonamides is 1. The van der Waals surface area contributed by atoms with Crippen LogP contribution in [0.15, 0.2) is 47.4 Å². The number of likely N-dealkylation sites (N-methyl/N-ethyl adjacent to an activating group) is 1. The summed E-state index contributed by atoms with van der Waals surface area (Å²) in [5, 5.41) is 0. The first kappa shape index (κ1) is 25.3. The number of benzene rings is 2. The molecule has 0 spiro atoms. The molecule has 0 unspecified atom stereocenters. The lowest BCUT2D eigenvalue weighted by atomic mass is 10.1. The van der Waals surface area contributed by atoms with Crippen molar-refractivity contribution in [3.05, 3.63) is 65.0 Å². The average molecular weight is 478 g/mol. The normalized spacial score (nSPS) is 15.1. The molecular weight excluding hydrogens is 445 g/mol. The summed E-state index contributed by atoms with van der Waals surface area (Å²) < 4.78 is 47.7. The van der Waals surface area contributed by atoms with Crippen LogP contribution in [0.3, 0.4) is 0 Å². The van der Waals surface area contributed by atoms with Gasteiger partial charge in [0.2, 0.25) is 10.0 Å². The zero-order valence-electron chi connectivity index (χ0n) is 19.5. The summed E-state index contributed by atoms with van der Waals surface area (Å²) in [6.45, 7) is 4.21. The Morgan fingerprint density at radius 1 is 1.06 bits per heavy atom. The molecule has 1 aliphatic heterocycles. The number of amides is 1. The van der Waals surface area contributed by atoms with Crippen molar-refractivity contribution in [3.8, 4) is 0 Å². The first-order valence-corrected chi connectivity index (χ1v) is 12.6. The molecule has 3 rings (SSSR count). The summed E-state index contributed by atoms with van der Waals surface area (Å²) in [7, 11) is 0.0318. The van der Waals surface area contributed by atoms with E-state index in [0.29, 0.717) is 43.9 Å². The van der Waals surface area contributed by atoms with Gasteiger partial charge in [-0.3, -0.25) is 4.79 Å². The van der Waals surface area contributed by atoms with Gasteiger partial charge in [-0.15, -0.1) is 0 Å².